The number of fused-ring (bicyclic) bond motifs is 2. The number of para-hydroxylation sites is 2. The average molecular weight is 412 g/mol. The number of nitrogens with two attached hydrogens (primary N) is 1. The Bertz CT molecular complexity index is 1300. The first-order chi connectivity index (χ1) is 15.0. The third-order valence-corrected chi connectivity index (χ3v) is 5.03. The van der Waals surface area contributed by atoms with Crippen molar-refractivity contribution in [1.29, 1.82) is 0 Å². The number of carbonyl (C=O) groups excluding carboxylic acids is 1. The second-order valence-electron chi connectivity index (χ2n) is 7.52. The number of hydrogen-bond acceptors (Lipinski definition) is 5. The molecule has 0 aliphatic heterocycles. The summed E-state index contributed by atoms with van der Waals surface area (Å²) in [6.07, 6.45) is 3.30. The summed E-state index contributed by atoms with van der Waals surface area (Å²) < 4.78 is 1.47. The van der Waals surface area contributed by atoms with Crippen LogP contribution in [-0.2, 0) is 0 Å². The van der Waals surface area contributed by atoms with Crippen molar-refractivity contribution < 1.29 is 4.79 Å². The van der Waals surface area contributed by atoms with Crippen molar-refractivity contribution in [3.05, 3.63) is 77.9 Å². The molecule has 0 saturated carbocycles. The molecular weight excluding hydrogens is 388 g/mol. The fraction of sp³-hybridized carbons (Fsp3) is 0.167. The highest BCUT2D eigenvalue weighted by atomic mass is 16.1. The highest BCUT2D eigenvalue weighted by molar-refractivity contribution is 6.10. The summed E-state index contributed by atoms with van der Waals surface area (Å²) in [6.45, 7) is 8.25. The Morgan fingerprint density at radius 2 is 1.84 bits per heavy atom. The molecule has 0 atom stereocenters. The van der Waals surface area contributed by atoms with Gasteiger partial charge in [0, 0.05) is 6.54 Å². The van der Waals surface area contributed by atoms with Gasteiger partial charge >= 0.3 is 0 Å². The number of anilines is 1. The molecule has 0 spiro atoms. The Morgan fingerprint density at radius 3 is 2.48 bits per heavy atom. The monoisotopic (exact) mass is 412 g/mol. The Kier molecular flexibility index (Phi) is 5.49. The summed E-state index contributed by atoms with van der Waals surface area (Å²) in [5.41, 5.74) is 11.0. The molecule has 3 N–H and O–H groups in total. The lowest BCUT2D eigenvalue weighted by Crippen LogP contribution is -2.24. The van der Waals surface area contributed by atoms with Gasteiger partial charge in [-0.25, -0.2) is 9.97 Å². The predicted octanol–water partition coefficient (Wildman–Crippen LogP) is 4.09. The molecule has 0 saturated heterocycles. The third kappa shape index (κ3) is 3.90. The minimum Gasteiger partial charge on any atom is -0.383 e. The molecule has 31 heavy (non-hydrogen) atoms. The van der Waals surface area contributed by atoms with Crippen LogP contribution >= 0.6 is 0 Å². The van der Waals surface area contributed by atoms with E-state index in [1.54, 1.807) is 12.3 Å². The van der Waals surface area contributed by atoms with E-state index in [2.05, 4.69) is 52.9 Å². The lowest BCUT2D eigenvalue weighted by atomic mass is 10.0. The number of nitrogen functional groups attached to an aromatic ring is 1. The zero-order chi connectivity index (χ0) is 22.0. The van der Waals surface area contributed by atoms with E-state index in [1.807, 2.05) is 36.4 Å². The average Bonchev–Trinajstić information content (AvgIpc) is 3.04. The normalized spacial score (nSPS) is 11.6. The molecule has 4 rings (SSSR count). The van der Waals surface area contributed by atoms with Gasteiger partial charge in [-0.2, -0.15) is 9.78 Å². The fourth-order valence-corrected chi connectivity index (χ4v) is 3.33. The molecule has 0 fully saturated rings. The second kappa shape index (κ2) is 8.39. The number of aromatic nitrogens is 3. The van der Waals surface area contributed by atoms with Gasteiger partial charge in [-0.15, -0.1) is 6.58 Å². The molecule has 0 unspecified atom stereocenters. The van der Waals surface area contributed by atoms with E-state index < -0.39 is 0 Å². The summed E-state index contributed by atoms with van der Waals surface area (Å²) in [5.74, 6) is 0.291. The predicted molar refractivity (Wildman–Crippen MR) is 125 cm³/mol. The number of rotatable bonds is 6. The highest BCUT2D eigenvalue weighted by Crippen LogP contribution is 2.27. The third-order valence-electron chi connectivity index (χ3n) is 5.03. The van der Waals surface area contributed by atoms with E-state index in [9.17, 15) is 4.79 Å². The summed E-state index contributed by atoms with van der Waals surface area (Å²) in [4.78, 5) is 22.1. The number of nitrogens with zero attached hydrogens (tertiary/aromatic N) is 4. The Labute approximate surface area is 180 Å². The van der Waals surface area contributed by atoms with Crippen molar-refractivity contribution in [3.63, 3.8) is 0 Å². The van der Waals surface area contributed by atoms with Gasteiger partial charge < -0.3 is 11.1 Å². The summed E-state index contributed by atoms with van der Waals surface area (Å²) in [5, 5.41) is 7.30. The molecule has 4 aromatic rings. The summed E-state index contributed by atoms with van der Waals surface area (Å²) >= 11 is 0. The van der Waals surface area contributed by atoms with Crippen LogP contribution in [0.5, 0.6) is 0 Å². The molecule has 0 radical (unpaired) electrons. The van der Waals surface area contributed by atoms with Crippen molar-refractivity contribution in [2.24, 2.45) is 5.10 Å². The van der Waals surface area contributed by atoms with Crippen LogP contribution < -0.4 is 11.1 Å². The molecule has 0 aliphatic rings. The molecule has 156 valence electrons. The first kappa shape index (κ1) is 20.3. The lowest BCUT2D eigenvalue weighted by molar-refractivity contribution is 0.0960. The molecule has 0 aliphatic carbocycles. The molecule has 2 aromatic carbocycles. The van der Waals surface area contributed by atoms with Gasteiger partial charge in [0.15, 0.2) is 5.65 Å². The molecule has 7 heteroatoms. The Hall–Kier alpha value is -4.00. The van der Waals surface area contributed by atoms with Crippen LogP contribution in [0, 0.1) is 0 Å². The van der Waals surface area contributed by atoms with Crippen molar-refractivity contribution in [3.8, 4) is 0 Å². The zero-order valence-electron chi connectivity index (χ0n) is 17.5. The van der Waals surface area contributed by atoms with E-state index >= 15 is 0 Å². The Morgan fingerprint density at radius 1 is 1.16 bits per heavy atom. The smallest absolute Gasteiger partial charge is 0.257 e. The van der Waals surface area contributed by atoms with E-state index in [0.717, 1.165) is 5.56 Å². The maximum atomic E-state index is 12.8. The number of benzene rings is 2. The standard InChI is InChI=1S/C24H24N6O/c1-4-13-26-24(31)20-21-23(29-19-8-6-5-7-18(19)28-21)30(22(20)25)27-14-16-9-11-17(12-10-16)15(2)3/h4-12,14-15H,1,13,25H2,2-3H3,(H,26,31)/b27-14-. The molecule has 1 amide bonds. The summed E-state index contributed by atoms with van der Waals surface area (Å²) in [6, 6.07) is 15.6. The van der Waals surface area contributed by atoms with Crippen molar-refractivity contribution in [1.82, 2.24) is 20.0 Å². The van der Waals surface area contributed by atoms with Crippen LogP contribution in [0.15, 0.2) is 66.3 Å². The van der Waals surface area contributed by atoms with E-state index in [0.29, 0.717) is 34.7 Å². The first-order valence-electron chi connectivity index (χ1n) is 10.1. The molecule has 0 bridgehead atoms. The lowest BCUT2D eigenvalue weighted by Gasteiger charge is -2.05. The molecule has 7 nitrogen and oxygen atoms in total. The second-order valence-corrected chi connectivity index (χ2v) is 7.52. The van der Waals surface area contributed by atoms with Gasteiger partial charge in [0.1, 0.15) is 16.9 Å². The molecular formula is C24H24N6O. The van der Waals surface area contributed by atoms with Crippen molar-refractivity contribution in [2.75, 3.05) is 12.3 Å². The maximum Gasteiger partial charge on any atom is 0.257 e. The van der Waals surface area contributed by atoms with Gasteiger partial charge in [-0.3, -0.25) is 4.79 Å². The number of nitrogens with one attached hydrogen (secondary N) is 1. The minimum atomic E-state index is -0.345. The van der Waals surface area contributed by atoms with Crippen LogP contribution in [0.4, 0.5) is 5.82 Å². The van der Waals surface area contributed by atoms with Crippen LogP contribution in [0.2, 0.25) is 0 Å². The van der Waals surface area contributed by atoms with Gasteiger partial charge in [0.25, 0.3) is 5.91 Å². The number of carbonyl (C=O) groups is 1. The van der Waals surface area contributed by atoms with E-state index in [1.165, 1.54) is 10.2 Å². The van der Waals surface area contributed by atoms with Crippen molar-refractivity contribution in [2.45, 2.75) is 19.8 Å². The van der Waals surface area contributed by atoms with Crippen LogP contribution in [0.1, 0.15) is 41.3 Å². The topological polar surface area (TPSA) is 98.2 Å². The van der Waals surface area contributed by atoms with Crippen LogP contribution in [0.25, 0.3) is 22.2 Å². The first-order valence-corrected chi connectivity index (χ1v) is 10.1. The minimum absolute atomic E-state index is 0.182. The summed E-state index contributed by atoms with van der Waals surface area (Å²) in [7, 11) is 0. The van der Waals surface area contributed by atoms with Gasteiger partial charge in [0.05, 0.1) is 17.2 Å². The van der Waals surface area contributed by atoms with E-state index in [-0.39, 0.29) is 17.3 Å². The molecule has 2 aromatic heterocycles. The maximum absolute atomic E-state index is 12.8. The van der Waals surface area contributed by atoms with Gasteiger partial charge in [0.2, 0.25) is 0 Å². The quantitative estimate of drug-likeness (QED) is 0.368. The van der Waals surface area contributed by atoms with Gasteiger partial charge in [-0.1, -0.05) is 56.3 Å². The van der Waals surface area contributed by atoms with Crippen LogP contribution in [0.3, 0.4) is 0 Å². The fourth-order valence-electron chi connectivity index (χ4n) is 3.33. The largest absolute Gasteiger partial charge is 0.383 e. The van der Waals surface area contributed by atoms with Crippen LogP contribution in [-0.4, -0.2) is 33.3 Å². The van der Waals surface area contributed by atoms with Gasteiger partial charge in [-0.05, 0) is 29.2 Å². The SMILES string of the molecule is C=CCNC(=O)c1c(N)n(/N=C\c2ccc(C(C)C)cc2)c2nc3ccccc3nc12. The number of hydrogen-bond donors (Lipinski definition) is 2. The zero-order valence-corrected chi connectivity index (χ0v) is 17.5. The molecule has 2 heterocycles. The highest BCUT2D eigenvalue weighted by Gasteiger charge is 2.23. The Balaban J connectivity index is 1.85. The number of amides is 1. The van der Waals surface area contributed by atoms with E-state index in [4.69, 9.17) is 5.73 Å². The van der Waals surface area contributed by atoms with Crippen molar-refractivity contribution >= 4 is 40.1 Å².